The molecule has 0 spiro atoms. The summed E-state index contributed by atoms with van der Waals surface area (Å²) in [4.78, 5) is 11.5. The van der Waals surface area contributed by atoms with Crippen molar-refractivity contribution in [2.24, 2.45) is 5.92 Å². The number of rotatable bonds is 1. The Bertz CT molecular complexity index is 453. The van der Waals surface area contributed by atoms with Gasteiger partial charge in [-0.05, 0) is 25.7 Å². The quantitative estimate of drug-likeness (QED) is 0.727. The molecule has 2 unspecified atom stereocenters. The zero-order valence-electron chi connectivity index (χ0n) is 12.6. The van der Waals surface area contributed by atoms with Gasteiger partial charge in [-0.15, -0.1) is 0 Å². The molecule has 1 aromatic heterocycles. The standard InChI is InChI=1S/C15H24ClN3/c1-10-6-7-19(11(2)8-10)13-9-12(16)17-14(18-13)15(3,4)5/h9-11H,6-8H2,1-5H3. The molecule has 0 bridgehead atoms. The van der Waals surface area contributed by atoms with Crippen LogP contribution < -0.4 is 4.90 Å². The molecular weight excluding hydrogens is 258 g/mol. The molecule has 0 aromatic carbocycles. The molecule has 0 radical (unpaired) electrons. The fraction of sp³-hybridized carbons (Fsp3) is 0.733. The summed E-state index contributed by atoms with van der Waals surface area (Å²) >= 11 is 6.17. The highest BCUT2D eigenvalue weighted by atomic mass is 35.5. The van der Waals surface area contributed by atoms with Gasteiger partial charge in [0.05, 0.1) is 0 Å². The Balaban J connectivity index is 2.32. The molecule has 2 atom stereocenters. The Labute approximate surface area is 121 Å². The SMILES string of the molecule is CC1CCN(c2cc(Cl)nc(C(C)(C)C)n2)C(C)C1. The summed E-state index contributed by atoms with van der Waals surface area (Å²) in [6.45, 7) is 12.0. The number of piperidine rings is 1. The minimum atomic E-state index is -0.0774. The molecule has 19 heavy (non-hydrogen) atoms. The zero-order valence-corrected chi connectivity index (χ0v) is 13.3. The van der Waals surface area contributed by atoms with Crippen molar-refractivity contribution in [2.75, 3.05) is 11.4 Å². The normalized spacial score (nSPS) is 24.6. The molecule has 0 saturated carbocycles. The van der Waals surface area contributed by atoms with Crippen LogP contribution in [-0.4, -0.2) is 22.6 Å². The average molecular weight is 282 g/mol. The molecule has 1 saturated heterocycles. The van der Waals surface area contributed by atoms with Crippen molar-refractivity contribution < 1.29 is 0 Å². The van der Waals surface area contributed by atoms with Gasteiger partial charge in [-0.2, -0.15) is 0 Å². The molecule has 1 fully saturated rings. The lowest BCUT2D eigenvalue weighted by Crippen LogP contribution is -2.41. The third-order valence-electron chi connectivity index (χ3n) is 3.78. The monoisotopic (exact) mass is 281 g/mol. The molecule has 3 nitrogen and oxygen atoms in total. The highest BCUT2D eigenvalue weighted by Gasteiger charge is 2.26. The van der Waals surface area contributed by atoms with E-state index in [0.29, 0.717) is 11.2 Å². The lowest BCUT2D eigenvalue weighted by Gasteiger charge is -2.37. The number of nitrogens with zero attached hydrogens (tertiary/aromatic N) is 3. The van der Waals surface area contributed by atoms with Crippen molar-refractivity contribution in [3.05, 3.63) is 17.0 Å². The summed E-state index contributed by atoms with van der Waals surface area (Å²) in [6, 6.07) is 2.41. The fourth-order valence-corrected chi connectivity index (χ4v) is 2.81. The van der Waals surface area contributed by atoms with Crippen molar-refractivity contribution >= 4 is 17.4 Å². The summed E-state index contributed by atoms with van der Waals surface area (Å²) in [5.74, 6) is 2.59. The summed E-state index contributed by atoms with van der Waals surface area (Å²) in [6.07, 6.45) is 2.43. The second-order valence-electron chi connectivity index (χ2n) is 6.79. The third-order valence-corrected chi connectivity index (χ3v) is 3.98. The maximum atomic E-state index is 6.17. The zero-order chi connectivity index (χ0) is 14.2. The first-order valence-electron chi connectivity index (χ1n) is 7.09. The lowest BCUT2D eigenvalue weighted by atomic mass is 9.93. The van der Waals surface area contributed by atoms with Crippen LogP contribution in [0.25, 0.3) is 0 Å². The highest BCUT2D eigenvalue weighted by Crippen LogP contribution is 2.29. The summed E-state index contributed by atoms with van der Waals surface area (Å²) in [7, 11) is 0. The summed E-state index contributed by atoms with van der Waals surface area (Å²) in [5.41, 5.74) is -0.0774. The largest absolute Gasteiger partial charge is 0.354 e. The Morgan fingerprint density at radius 1 is 1.26 bits per heavy atom. The molecule has 4 heteroatoms. The van der Waals surface area contributed by atoms with E-state index in [4.69, 9.17) is 16.6 Å². The van der Waals surface area contributed by atoms with Gasteiger partial charge in [-0.3, -0.25) is 0 Å². The lowest BCUT2D eigenvalue weighted by molar-refractivity contribution is 0.375. The second-order valence-corrected chi connectivity index (χ2v) is 7.18. The Morgan fingerprint density at radius 2 is 1.95 bits per heavy atom. The van der Waals surface area contributed by atoms with Crippen LogP contribution in [0, 0.1) is 5.92 Å². The van der Waals surface area contributed by atoms with Gasteiger partial charge < -0.3 is 4.90 Å². The minimum Gasteiger partial charge on any atom is -0.354 e. The first-order valence-corrected chi connectivity index (χ1v) is 7.47. The van der Waals surface area contributed by atoms with Crippen LogP contribution in [0.15, 0.2) is 6.07 Å². The Hall–Kier alpha value is -0.830. The fourth-order valence-electron chi connectivity index (χ4n) is 2.64. The summed E-state index contributed by atoms with van der Waals surface area (Å²) < 4.78 is 0. The van der Waals surface area contributed by atoms with Crippen LogP contribution in [0.4, 0.5) is 5.82 Å². The molecule has 0 aliphatic carbocycles. The van der Waals surface area contributed by atoms with Crippen LogP contribution in [0.3, 0.4) is 0 Å². The van der Waals surface area contributed by atoms with E-state index in [2.05, 4.69) is 44.5 Å². The van der Waals surface area contributed by atoms with Gasteiger partial charge in [0, 0.05) is 24.1 Å². The van der Waals surface area contributed by atoms with Crippen molar-refractivity contribution in [1.29, 1.82) is 0 Å². The van der Waals surface area contributed by atoms with E-state index >= 15 is 0 Å². The molecule has 106 valence electrons. The van der Waals surface area contributed by atoms with Gasteiger partial charge in [-0.25, -0.2) is 9.97 Å². The van der Waals surface area contributed by atoms with Crippen molar-refractivity contribution in [3.63, 3.8) is 0 Å². The molecule has 2 rings (SSSR count). The average Bonchev–Trinajstić information content (AvgIpc) is 2.26. The highest BCUT2D eigenvalue weighted by molar-refractivity contribution is 6.29. The van der Waals surface area contributed by atoms with Crippen LogP contribution in [-0.2, 0) is 5.41 Å². The van der Waals surface area contributed by atoms with Crippen molar-refractivity contribution in [3.8, 4) is 0 Å². The van der Waals surface area contributed by atoms with Gasteiger partial charge in [0.25, 0.3) is 0 Å². The number of anilines is 1. The van der Waals surface area contributed by atoms with E-state index in [0.717, 1.165) is 24.1 Å². The van der Waals surface area contributed by atoms with Gasteiger partial charge in [-0.1, -0.05) is 39.3 Å². The molecular formula is C15H24ClN3. The topological polar surface area (TPSA) is 29.0 Å². The molecule has 0 N–H and O–H groups in total. The van der Waals surface area contributed by atoms with Crippen molar-refractivity contribution in [2.45, 2.75) is 58.9 Å². The molecule has 0 amide bonds. The summed E-state index contributed by atoms with van der Waals surface area (Å²) in [5, 5.41) is 0.542. The Morgan fingerprint density at radius 3 is 2.53 bits per heavy atom. The Kier molecular flexibility index (Phi) is 4.05. The third kappa shape index (κ3) is 3.38. The molecule has 1 aliphatic heterocycles. The predicted octanol–water partition coefficient (Wildman–Crippen LogP) is 4.05. The van der Waals surface area contributed by atoms with Crippen LogP contribution in [0.1, 0.15) is 53.3 Å². The second kappa shape index (κ2) is 5.28. The van der Waals surface area contributed by atoms with Gasteiger partial charge >= 0.3 is 0 Å². The number of aromatic nitrogens is 2. The minimum absolute atomic E-state index is 0.0774. The molecule has 1 aliphatic rings. The van der Waals surface area contributed by atoms with Gasteiger partial charge in [0.1, 0.15) is 16.8 Å². The first-order chi connectivity index (χ1) is 8.77. The number of hydrogen-bond donors (Lipinski definition) is 0. The van der Waals surface area contributed by atoms with E-state index in [1.165, 1.54) is 12.8 Å². The van der Waals surface area contributed by atoms with E-state index in [1.807, 2.05) is 6.07 Å². The van der Waals surface area contributed by atoms with Gasteiger partial charge in [0.2, 0.25) is 0 Å². The maximum Gasteiger partial charge on any atom is 0.137 e. The van der Waals surface area contributed by atoms with Gasteiger partial charge in [0.15, 0.2) is 0 Å². The van der Waals surface area contributed by atoms with E-state index in [9.17, 15) is 0 Å². The van der Waals surface area contributed by atoms with Crippen LogP contribution in [0.2, 0.25) is 5.15 Å². The maximum absolute atomic E-state index is 6.17. The number of halogens is 1. The van der Waals surface area contributed by atoms with Crippen molar-refractivity contribution in [1.82, 2.24) is 9.97 Å². The molecule has 1 aromatic rings. The first kappa shape index (κ1) is 14.6. The van der Waals surface area contributed by atoms with E-state index < -0.39 is 0 Å². The molecule has 2 heterocycles. The van der Waals surface area contributed by atoms with Crippen LogP contribution in [0.5, 0.6) is 0 Å². The van der Waals surface area contributed by atoms with E-state index in [1.54, 1.807) is 0 Å². The van der Waals surface area contributed by atoms with E-state index in [-0.39, 0.29) is 5.41 Å². The van der Waals surface area contributed by atoms with Crippen LogP contribution >= 0.6 is 11.6 Å². The number of hydrogen-bond acceptors (Lipinski definition) is 3. The smallest absolute Gasteiger partial charge is 0.137 e. The predicted molar refractivity (Wildman–Crippen MR) is 80.9 cm³/mol.